The number of hydrogen-bond donors (Lipinski definition) is 1. The summed E-state index contributed by atoms with van der Waals surface area (Å²) < 4.78 is 12.2. The zero-order valence-electron chi connectivity index (χ0n) is 17.0. The third kappa shape index (κ3) is 3.82. The summed E-state index contributed by atoms with van der Waals surface area (Å²) in [5, 5.41) is 3.85. The molecular formula is C24H25N3O3. The molecule has 1 saturated carbocycles. The summed E-state index contributed by atoms with van der Waals surface area (Å²) in [4.78, 5) is 20.6. The normalized spacial score (nSPS) is 19.9. The van der Waals surface area contributed by atoms with Gasteiger partial charge in [0.05, 0.1) is 5.52 Å². The largest absolute Gasteiger partial charge is 0.490 e. The van der Waals surface area contributed by atoms with E-state index in [9.17, 15) is 4.79 Å². The monoisotopic (exact) mass is 403 g/mol. The van der Waals surface area contributed by atoms with Crippen molar-refractivity contribution in [3.63, 3.8) is 0 Å². The molecule has 2 aromatic heterocycles. The summed E-state index contributed by atoms with van der Waals surface area (Å²) >= 11 is 0. The van der Waals surface area contributed by atoms with Crippen molar-refractivity contribution in [2.45, 2.75) is 44.8 Å². The van der Waals surface area contributed by atoms with Crippen molar-refractivity contribution in [1.82, 2.24) is 15.3 Å². The van der Waals surface area contributed by atoms with Crippen LogP contribution in [-0.4, -0.2) is 34.6 Å². The number of rotatable bonds is 6. The number of nitrogens with zero attached hydrogens (tertiary/aromatic N) is 2. The number of aromatic nitrogens is 2. The molecule has 154 valence electrons. The second-order valence-corrected chi connectivity index (χ2v) is 8.19. The van der Waals surface area contributed by atoms with Crippen molar-refractivity contribution in [3.05, 3.63) is 48.8 Å². The van der Waals surface area contributed by atoms with Crippen LogP contribution in [0.2, 0.25) is 0 Å². The predicted molar refractivity (Wildman–Crippen MR) is 114 cm³/mol. The molecule has 2 aliphatic rings. The van der Waals surface area contributed by atoms with Gasteiger partial charge in [0.2, 0.25) is 11.8 Å². The van der Waals surface area contributed by atoms with E-state index in [-0.39, 0.29) is 17.9 Å². The molecule has 3 aromatic rings. The summed E-state index contributed by atoms with van der Waals surface area (Å²) in [6, 6.07) is 12.0. The number of hydrogen-bond acceptors (Lipinski definition) is 5. The van der Waals surface area contributed by atoms with Gasteiger partial charge in [-0.3, -0.25) is 9.78 Å². The molecular weight excluding hydrogens is 378 g/mol. The highest BCUT2D eigenvalue weighted by Gasteiger charge is 2.28. The van der Waals surface area contributed by atoms with Gasteiger partial charge in [0, 0.05) is 48.3 Å². The Bertz CT molecular complexity index is 1060. The fourth-order valence-electron chi connectivity index (χ4n) is 3.95. The summed E-state index contributed by atoms with van der Waals surface area (Å²) in [5.41, 5.74) is 2.85. The maximum Gasteiger partial charge on any atom is 0.220 e. The van der Waals surface area contributed by atoms with Crippen LogP contribution in [0.5, 0.6) is 11.6 Å². The van der Waals surface area contributed by atoms with Gasteiger partial charge >= 0.3 is 0 Å². The third-order valence-electron chi connectivity index (χ3n) is 6.08. The van der Waals surface area contributed by atoms with Gasteiger partial charge < -0.3 is 14.8 Å². The van der Waals surface area contributed by atoms with Crippen molar-refractivity contribution >= 4 is 16.8 Å². The Kier molecular flexibility index (Phi) is 4.99. The van der Waals surface area contributed by atoms with Crippen LogP contribution in [-0.2, 0) is 4.79 Å². The minimum Gasteiger partial charge on any atom is -0.490 e. The molecule has 3 heterocycles. The average molecular weight is 403 g/mol. The second-order valence-electron chi connectivity index (χ2n) is 8.19. The maximum absolute atomic E-state index is 11.6. The first-order valence-corrected chi connectivity index (χ1v) is 10.6. The van der Waals surface area contributed by atoms with Crippen LogP contribution in [0.4, 0.5) is 0 Å². The number of carbonyl (C=O) groups is 1. The van der Waals surface area contributed by atoms with Gasteiger partial charge in [-0.2, -0.15) is 0 Å². The van der Waals surface area contributed by atoms with Crippen LogP contribution in [0.1, 0.15) is 32.6 Å². The molecule has 0 spiro atoms. The van der Waals surface area contributed by atoms with Crippen molar-refractivity contribution < 1.29 is 14.3 Å². The summed E-state index contributed by atoms with van der Waals surface area (Å²) in [5.74, 6) is 1.70. The van der Waals surface area contributed by atoms with E-state index >= 15 is 0 Å². The van der Waals surface area contributed by atoms with E-state index in [1.807, 2.05) is 43.5 Å². The van der Waals surface area contributed by atoms with Crippen LogP contribution >= 0.6 is 0 Å². The lowest BCUT2D eigenvalue weighted by Crippen LogP contribution is -2.25. The fraction of sp³-hybridized carbons (Fsp3) is 0.375. The van der Waals surface area contributed by atoms with Crippen molar-refractivity contribution in [2.75, 3.05) is 6.54 Å². The number of amides is 1. The van der Waals surface area contributed by atoms with Crippen LogP contribution in [0.3, 0.4) is 0 Å². The Hall–Kier alpha value is -3.15. The smallest absolute Gasteiger partial charge is 0.220 e. The van der Waals surface area contributed by atoms with Gasteiger partial charge in [-0.05, 0) is 62.1 Å². The minimum absolute atomic E-state index is 0.0843. The lowest BCUT2D eigenvalue weighted by molar-refractivity contribution is -0.119. The van der Waals surface area contributed by atoms with E-state index in [1.165, 1.54) is 6.42 Å². The van der Waals surface area contributed by atoms with Crippen molar-refractivity contribution in [3.8, 4) is 22.8 Å². The van der Waals surface area contributed by atoms with Gasteiger partial charge in [-0.25, -0.2) is 4.98 Å². The van der Waals surface area contributed by atoms with Gasteiger partial charge in [-0.1, -0.05) is 0 Å². The van der Waals surface area contributed by atoms with Crippen molar-refractivity contribution in [2.24, 2.45) is 5.92 Å². The zero-order valence-corrected chi connectivity index (χ0v) is 17.0. The number of carbonyl (C=O) groups excluding carboxylic acids is 1. The Labute approximate surface area is 175 Å². The number of ether oxygens (including phenoxy) is 2. The highest BCUT2D eigenvalue weighted by atomic mass is 16.5. The molecule has 2 fully saturated rings. The van der Waals surface area contributed by atoms with E-state index in [0.29, 0.717) is 24.9 Å². The molecule has 0 bridgehead atoms. The lowest BCUT2D eigenvalue weighted by Gasteiger charge is -2.25. The molecule has 5 rings (SSSR count). The first kappa shape index (κ1) is 18.9. The van der Waals surface area contributed by atoms with Gasteiger partial charge in [0.25, 0.3) is 0 Å². The topological polar surface area (TPSA) is 73.3 Å². The average Bonchev–Trinajstić information content (AvgIpc) is 3.17. The van der Waals surface area contributed by atoms with Gasteiger partial charge in [0.1, 0.15) is 18.0 Å². The molecule has 0 radical (unpaired) electrons. The molecule has 1 N–H and O–H groups in total. The Morgan fingerprint density at radius 1 is 1.13 bits per heavy atom. The SMILES string of the molecule is C[C@@H](Oc1cc(-c2ccc(OC3CCC3)nc2)cc2ncccc12)C1CNC(=O)C1. The van der Waals surface area contributed by atoms with E-state index in [0.717, 1.165) is 40.6 Å². The highest BCUT2D eigenvalue weighted by molar-refractivity contribution is 5.90. The molecule has 1 amide bonds. The van der Waals surface area contributed by atoms with Gasteiger partial charge in [-0.15, -0.1) is 0 Å². The third-order valence-corrected chi connectivity index (χ3v) is 6.08. The zero-order chi connectivity index (χ0) is 20.5. The maximum atomic E-state index is 11.6. The van der Waals surface area contributed by atoms with E-state index in [1.54, 1.807) is 6.20 Å². The van der Waals surface area contributed by atoms with Crippen molar-refractivity contribution in [1.29, 1.82) is 0 Å². The molecule has 30 heavy (non-hydrogen) atoms. The molecule has 6 nitrogen and oxygen atoms in total. The number of nitrogens with one attached hydrogen (secondary N) is 1. The second kappa shape index (κ2) is 7.94. The number of pyridine rings is 2. The highest BCUT2D eigenvalue weighted by Crippen LogP contribution is 2.34. The predicted octanol–water partition coefficient (Wildman–Crippen LogP) is 4.13. The minimum atomic E-state index is -0.0843. The lowest BCUT2D eigenvalue weighted by atomic mass is 9.96. The van der Waals surface area contributed by atoms with E-state index in [2.05, 4.69) is 21.4 Å². The summed E-state index contributed by atoms with van der Waals surface area (Å²) in [6.07, 6.45) is 7.81. The van der Waals surface area contributed by atoms with Crippen LogP contribution in [0.25, 0.3) is 22.0 Å². The number of fused-ring (bicyclic) bond motifs is 1. The number of benzene rings is 1. The summed E-state index contributed by atoms with van der Waals surface area (Å²) in [6.45, 7) is 2.68. The molecule has 2 atom stereocenters. The van der Waals surface area contributed by atoms with Crippen LogP contribution in [0.15, 0.2) is 48.8 Å². The standard InChI is InChI=1S/C24H25N3O3/c1-15(18-12-23(28)26-14-18)29-22-11-17(10-21-20(22)6-3-9-25-21)16-7-8-24(27-13-16)30-19-4-2-5-19/h3,6-11,13,15,18-19H,2,4-5,12,14H2,1H3,(H,26,28)/t15-,18?/m1/s1. The fourth-order valence-corrected chi connectivity index (χ4v) is 3.95. The Morgan fingerprint density at radius 3 is 2.73 bits per heavy atom. The molecule has 1 aromatic carbocycles. The van der Waals surface area contributed by atoms with Gasteiger partial charge in [0.15, 0.2) is 0 Å². The molecule has 1 saturated heterocycles. The Morgan fingerprint density at radius 2 is 2.03 bits per heavy atom. The molecule has 1 aliphatic heterocycles. The first-order valence-electron chi connectivity index (χ1n) is 10.6. The van der Waals surface area contributed by atoms with Crippen LogP contribution < -0.4 is 14.8 Å². The molecule has 1 unspecified atom stereocenters. The van der Waals surface area contributed by atoms with E-state index in [4.69, 9.17) is 9.47 Å². The Balaban J connectivity index is 1.43. The first-order chi connectivity index (χ1) is 14.7. The summed E-state index contributed by atoms with van der Waals surface area (Å²) in [7, 11) is 0. The molecule has 6 heteroatoms. The van der Waals surface area contributed by atoms with E-state index < -0.39 is 0 Å². The quantitative estimate of drug-likeness (QED) is 0.670. The molecule has 1 aliphatic carbocycles. The van der Waals surface area contributed by atoms with Crippen LogP contribution in [0, 0.1) is 5.92 Å².